The van der Waals surface area contributed by atoms with E-state index in [4.69, 9.17) is 4.42 Å². The van der Waals surface area contributed by atoms with E-state index in [1.165, 1.54) is 6.26 Å². The Hall–Kier alpha value is -2.05. The van der Waals surface area contributed by atoms with Crippen LogP contribution >= 0.6 is 0 Å². The number of rotatable bonds is 4. The zero-order valence-electron chi connectivity index (χ0n) is 9.01. The molecular formula is C11H8F4N2O. The maximum Gasteiger partial charge on any atom is 0.253 e. The van der Waals surface area contributed by atoms with Crippen molar-refractivity contribution in [1.29, 1.82) is 0 Å². The first kappa shape index (κ1) is 12.4. The molecule has 0 saturated heterocycles. The molecule has 1 N–H and O–H groups in total. The Morgan fingerprint density at radius 3 is 2.33 bits per heavy atom. The number of hydrogen-bond donors (Lipinski definition) is 1. The highest BCUT2D eigenvalue weighted by atomic mass is 19.2. The molecule has 0 radical (unpaired) electrons. The lowest BCUT2D eigenvalue weighted by molar-refractivity contribution is 0.410. The smallest absolute Gasteiger partial charge is 0.253 e. The topological polar surface area (TPSA) is 38.1 Å². The van der Waals surface area contributed by atoms with Crippen molar-refractivity contribution in [2.24, 2.45) is 0 Å². The van der Waals surface area contributed by atoms with Gasteiger partial charge in [-0.25, -0.2) is 0 Å². The summed E-state index contributed by atoms with van der Waals surface area (Å²) in [5.74, 6) is -5.89. The Labute approximate surface area is 99.4 Å². The van der Waals surface area contributed by atoms with Gasteiger partial charge in [0.1, 0.15) is 11.4 Å². The largest absolute Gasteiger partial charge is 0.469 e. The van der Waals surface area contributed by atoms with Gasteiger partial charge in [0, 0.05) is 13.0 Å². The molecule has 2 aromatic heterocycles. The SMILES string of the molecule is Fc1nc(F)c(F)c(NCCc2ccco2)c1F. The second-order valence-electron chi connectivity index (χ2n) is 3.45. The van der Waals surface area contributed by atoms with Crippen LogP contribution in [0.3, 0.4) is 0 Å². The van der Waals surface area contributed by atoms with E-state index in [1.54, 1.807) is 12.1 Å². The van der Waals surface area contributed by atoms with Crippen LogP contribution in [-0.4, -0.2) is 11.5 Å². The first-order valence-corrected chi connectivity index (χ1v) is 5.06. The minimum atomic E-state index is -1.69. The number of nitrogens with zero attached hydrogens (tertiary/aromatic N) is 1. The second kappa shape index (κ2) is 5.07. The average Bonchev–Trinajstić information content (AvgIpc) is 2.84. The number of anilines is 1. The van der Waals surface area contributed by atoms with Crippen LogP contribution in [0, 0.1) is 23.5 Å². The fraction of sp³-hybridized carbons (Fsp3) is 0.182. The van der Waals surface area contributed by atoms with E-state index < -0.39 is 29.2 Å². The summed E-state index contributed by atoms with van der Waals surface area (Å²) >= 11 is 0. The van der Waals surface area contributed by atoms with E-state index in [9.17, 15) is 17.6 Å². The summed E-state index contributed by atoms with van der Waals surface area (Å²) < 4.78 is 56.9. The van der Waals surface area contributed by atoms with Gasteiger partial charge in [0.2, 0.25) is 11.6 Å². The van der Waals surface area contributed by atoms with E-state index >= 15 is 0 Å². The Balaban J connectivity index is 2.09. The molecule has 0 spiro atoms. The van der Waals surface area contributed by atoms with Gasteiger partial charge in [-0.2, -0.15) is 22.5 Å². The van der Waals surface area contributed by atoms with Crippen LogP contribution in [0.2, 0.25) is 0 Å². The molecule has 2 rings (SSSR count). The number of halogens is 4. The fourth-order valence-corrected chi connectivity index (χ4v) is 1.41. The lowest BCUT2D eigenvalue weighted by Crippen LogP contribution is -2.11. The Morgan fingerprint density at radius 2 is 1.78 bits per heavy atom. The molecule has 0 fully saturated rings. The van der Waals surface area contributed by atoms with Gasteiger partial charge >= 0.3 is 0 Å². The van der Waals surface area contributed by atoms with Crippen LogP contribution in [0.25, 0.3) is 0 Å². The normalized spacial score (nSPS) is 10.7. The van der Waals surface area contributed by atoms with Crippen LogP contribution in [0.4, 0.5) is 23.2 Å². The lowest BCUT2D eigenvalue weighted by Gasteiger charge is -2.08. The molecular weight excluding hydrogens is 252 g/mol. The Kier molecular flexibility index (Phi) is 3.50. The maximum atomic E-state index is 13.2. The molecule has 0 atom stereocenters. The summed E-state index contributed by atoms with van der Waals surface area (Å²) in [5.41, 5.74) is -0.869. The van der Waals surface area contributed by atoms with Gasteiger partial charge in [0.25, 0.3) is 11.9 Å². The third-order valence-electron chi connectivity index (χ3n) is 2.25. The fourth-order valence-electron chi connectivity index (χ4n) is 1.41. The molecule has 0 aliphatic heterocycles. The minimum absolute atomic E-state index is 0.0598. The van der Waals surface area contributed by atoms with Crippen molar-refractivity contribution in [2.75, 3.05) is 11.9 Å². The molecule has 7 heteroatoms. The van der Waals surface area contributed by atoms with Gasteiger partial charge in [-0.3, -0.25) is 0 Å². The quantitative estimate of drug-likeness (QED) is 0.678. The van der Waals surface area contributed by atoms with Crippen molar-refractivity contribution in [1.82, 2.24) is 4.98 Å². The van der Waals surface area contributed by atoms with Crippen molar-refractivity contribution in [3.8, 4) is 0 Å². The highest BCUT2D eigenvalue weighted by molar-refractivity contribution is 5.45. The van der Waals surface area contributed by atoms with E-state index in [0.717, 1.165) is 0 Å². The standard InChI is InChI=1S/C11H8F4N2O/c12-7-9(8(13)11(15)17-10(7)14)16-4-3-6-2-1-5-18-6/h1-2,5H,3-4H2,(H,16,17). The first-order valence-electron chi connectivity index (χ1n) is 5.06. The highest BCUT2D eigenvalue weighted by Crippen LogP contribution is 2.21. The predicted octanol–water partition coefficient (Wildman–Crippen LogP) is 2.89. The molecule has 0 aliphatic carbocycles. The van der Waals surface area contributed by atoms with E-state index in [1.807, 2.05) is 0 Å². The molecule has 2 aromatic rings. The third-order valence-corrected chi connectivity index (χ3v) is 2.25. The number of hydrogen-bond acceptors (Lipinski definition) is 3. The van der Waals surface area contributed by atoms with Gasteiger partial charge in [0.05, 0.1) is 6.26 Å². The van der Waals surface area contributed by atoms with Crippen molar-refractivity contribution >= 4 is 5.69 Å². The van der Waals surface area contributed by atoms with Gasteiger partial charge in [-0.1, -0.05) is 0 Å². The molecule has 0 aromatic carbocycles. The zero-order chi connectivity index (χ0) is 13.1. The predicted molar refractivity (Wildman–Crippen MR) is 55.0 cm³/mol. The molecule has 0 saturated carbocycles. The highest BCUT2D eigenvalue weighted by Gasteiger charge is 2.20. The van der Waals surface area contributed by atoms with Crippen LogP contribution < -0.4 is 5.32 Å². The van der Waals surface area contributed by atoms with E-state index in [0.29, 0.717) is 12.2 Å². The third kappa shape index (κ3) is 2.44. The summed E-state index contributed by atoms with van der Waals surface area (Å²) in [6, 6.07) is 3.32. The molecule has 0 bridgehead atoms. The van der Waals surface area contributed by atoms with E-state index in [-0.39, 0.29) is 6.54 Å². The summed E-state index contributed by atoms with van der Waals surface area (Å²) in [4.78, 5) is 2.45. The van der Waals surface area contributed by atoms with Gasteiger partial charge in [0.15, 0.2) is 0 Å². The summed E-state index contributed by atoms with van der Waals surface area (Å²) in [7, 11) is 0. The molecule has 96 valence electrons. The van der Waals surface area contributed by atoms with Crippen molar-refractivity contribution in [3.63, 3.8) is 0 Å². The summed E-state index contributed by atoms with van der Waals surface area (Å²) in [5, 5.41) is 2.27. The molecule has 3 nitrogen and oxygen atoms in total. The molecule has 18 heavy (non-hydrogen) atoms. The number of furan rings is 1. The molecule has 0 unspecified atom stereocenters. The maximum absolute atomic E-state index is 13.2. The van der Waals surface area contributed by atoms with Crippen LogP contribution in [0.15, 0.2) is 22.8 Å². The van der Waals surface area contributed by atoms with Crippen molar-refractivity contribution < 1.29 is 22.0 Å². The first-order chi connectivity index (χ1) is 8.59. The van der Waals surface area contributed by atoms with E-state index in [2.05, 4.69) is 10.3 Å². The summed E-state index contributed by atoms with van der Waals surface area (Å²) in [6.07, 6.45) is 1.76. The van der Waals surface area contributed by atoms with Crippen molar-refractivity contribution in [3.05, 3.63) is 47.7 Å². The van der Waals surface area contributed by atoms with Crippen LogP contribution in [-0.2, 0) is 6.42 Å². The Bertz CT molecular complexity index is 516. The number of pyridine rings is 1. The van der Waals surface area contributed by atoms with Gasteiger partial charge < -0.3 is 9.73 Å². The number of nitrogens with one attached hydrogen (secondary N) is 1. The molecule has 0 amide bonds. The van der Waals surface area contributed by atoms with Gasteiger partial charge in [-0.15, -0.1) is 0 Å². The summed E-state index contributed by atoms with van der Waals surface area (Å²) in [6.45, 7) is 0.0598. The number of aromatic nitrogens is 1. The molecule has 2 heterocycles. The monoisotopic (exact) mass is 260 g/mol. The van der Waals surface area contributed by atoms with Crippen molar-refractivity contribution in [2.45, 2.75) is 6.42 Å². The minimum Gasteiger partial charge on any atom is -0.469 e. The Morgan fingerprint density at radius 1 is 1.11 bits per heavy atom. The van der Waals surface area contributed by atoms with Crippen LogP contribution in [0.1, 0.15) is 5.76 Å². The van der Waals surface area contributed by atoms with Crippen LogP contribution in [0.5, 0.6) is 0 Å². The van der Waals surface area contributed by atoms with Gasteiger partial charge in [-0.05, 0) is 12.1 Å². The second-order valence-corrected chi connectivity index (χ2v) is 3.45. The lowest BCUT2D eigenvalue weighted by atomic mass is 10.3. The average molecular weight is 260 g/mol. The molecule has 0 aliphatic rings. The zero-order valence-corrected chi connectivity index (χ0v) is 9.01.